The molecule has 1 amide bonds. The van der Waals surface area contributed by atoms with Crippen molar-refractivity contribution >= 4 is 50.2 Å². The minimum absolute atomic E-state index is 0.310. The fourth-order valence-corrected chi connectivity index (χ4v) is 4.67. The van der Waals surface area contributed by atoms with Crippen LogP contribution in [0.5, 0.6) is 0 Å². The monoisotopic (exact) mass is 502 g/mol. The maximum absolute atomic E-state index is 13.1. The average molecular weight is 503 g/mol. The second kappa shape index (κ2) is 9.93. The highest BCUT2D eigenvalue weighted by atomic mass is 32.2. The van der Waals surface area contributed by atoms with Crippen molar-refractivity contribution in [3.05, 3.63) is 89.5 Å². The summed E-state index contributed by atoms with van der Waals surface area (Å²) >= 11 is 0. The van der Waals surface area contributed by atoms with Crippen molar-refractivity contribution in [2.45, 2.75) is 0 Å². The van der Waals surface area contributed by atoms with E-state index in [4.69, 9.17) is 10.00 Å². The van der Waals surface area contributed by atoms with Crippen LogP contribution < -0.4 is 14.9 Å². The average Bonchev–Trinajstić information content (AvgIpc) is 3.20. The molecule has 0 saturated carbocycles. The van der Waals surface area contributed by atoms with Gasteiger partial charge in [0.25, 0.3) is 5.91 Å². The summed E-state index contributed by atoms with van der Waals surface area (Å²) in [5.41, 5.74) is 4.04. The lowest BCUT2D eigenvalue weighted by molar-refractivity contribution is -0.110. The van der Waals surface area contributed by atoms with E-state index in [0.29, 0.717) is 39.5 Å². The number of esters is 1. The van der Waals surface area contributed by atoms with E-state index in [2.05, 4.69) is 10.6 Å². The first-order valence-electron chi connectivity index (χ1n) is 10.8. The molecule has 0 atom stereocenters. The number of ether oxygens (including phenoxy) is 1. The van der Waals surface area contributed by atoms with Gasteiger partial charge in [-0.2, -0.15) is 5.26 Å². The van der Waals surface area contributed by atoms with Gasteiger partial charge in [-0.3, -0.25) is 9.10 Å². The Labute approximate surface area is 208 Å². The molecule has 3 aromatic carbocycles. The first kappa shape index (κ1) is 24.5. The van der Waals surface area contributed by atoms with Crippen molar-refractivity contribution < 1.29 is 22.7 Å². The van der Waals surface area contributed by atoms with Crippen LogP contribution in [0.3, 0.4) is 0 Å². The quantitative estimate of drug-likeness (QED) is 0.286. The normalized spacial score (nSPS) is 13.8. The highest BCUT2D eigenvalue weighted by molar-refractivity contribution is 7.92. The number of nitriles is 1. The van der Waals surface area contributed by atoms with Crippen molar-refractivity contribution in [1.29, 1.82) is 5.26 Å². The second-order valence-electron chi connectivity index (χ2n) is 7.92. The fourth-order valence-electron chi connectivity index (χ4n) is 3.87. The van der Waals surface area contributed by atoms with E-state index >= 15 is 0 Å². The van der Waals surface area contributed by atoms with E-state index in [1.807, 2.05) is 36.4 Å². The molecular formula is C26H22N4O5S. The molecule has 182 valence electrons. The van der Waals surface area contributed by atoms with Gasteiger partial charge in [0.15, 0.2) is 0 Å². The molecule has 0 bridgehead atoms. The van der Waals surface area contributed by atoms with Gasteiger partial charge in [-0.15, -0.1) is 0 Å². The Kier molecular flexibility index (Phi) is 6.76. The molecule has 0 aliphatic carbocycles. The smallest absolute Gasteiger partial charge is 0.337 e. The van der Waals surface area contributed by atoms with Gasteiger partial charge in [0.2, 0.25) is 10.0 Å². The van der Waals surface area contributed by atoms with Gasteiger partial charge >= 0.3 is 5.97 Å². The van der Waals surface area contributed by atoms with Crippen molar-refractivity contribution in [3.8, 4) is 6.07 Å². The molecule has 10 heteroatoms. The van der Waals surface area contributed by atoms with Crippen LogP contribution in [0.2, 0.25) is 0 Å². The third-order valence-corrected chi connectivity index (χ3v) is 6.68. The summed E-state index contributed by atoms with van der Waals surface area (Å²) in [6, 6.07) is 22.5. The zero-order valence-electron chi connectivity index (χ0n) is 19.5. The molecule has 1 aliphatic rings. The van der Waals surface area contributed by atoms with Crippen LogP contribution in [0.25, 0.3) is 11.3 Å². The fraction of sp³-hybridized carbons (Fsp3) is 0.115. The highest BCUT2D eigenvalue weighted by Crippen LogP contribution is 2.38. The number of sulfonamides is 1. The van der Waals surface area contributed by atoms with Crippen LogP contribution >= 0.6 is 0 Å². The van der Waals surface area contributed by atoms with Crippen LogP contribution in [-0.4, -0.2) is 40.2 Å². The summed E-state index contributed by atoms with van der Waals surface area (Å²) in [4.78, 5) is 25.0. The number of anilines is 3. The second-order valence-corrected chi connectivity index (χ2v) is 9.83. The number of benzene rings is 3. The largest absolute Gasteiger partial charge is 0.465 e. The Hall–Kier alpha value is -4.62. The molecule has 1 heterocycles. The van der Waals surface area contributed by atoms with Crippen LogP contribution in [0.1, 0.15) is 21.5 Å². The molecule has 2 N–H and O–H groups in total. The maximum atomic E-state index is 13.1. The summed E-state index contributed by atoms with van der Waals surface area (Å²) < 4.78 is 29.9. The third kappa shape index (κ3) is 4.92. The number of hydrogen-bond donors (Lipinski definition) is 2. The molecule has 0 fully saturated rings. The topological polar surface area (TPSA) is 129 Å². The number of hydrogen-bond acceptors (Lipinski definition) is 7. The van der Waals surface area contributed by atoms with Gasteiger partial charge in [-0.25, -0.2) is 13.2 Å². The first-order chi connectivity index (χ1) is 17.2. The summed E-state index contributed by atoms with van der Waals surface area (Å²) in [5, 5.41) is 15.1. The van der Waals surface area contributed by atoms with Crippen LogP contribution in [0, 0.1) is 11.3 Å². The molecule has 4 rings (SSSR count). The van der Waals surface area contributed by atoms with E-state index in [1.165, 1.54) is 7.11 Å². The maximum Gasteiger partial charge on any atom is 0.337 e. The van der Waals surface area contributed by atoms with Gasteiger partial charge in [-0.05, 0) is 42.0 Å². The van der Waals surface area contributed by atoms with E-state index in [9.17, 15) is 18.0 Å². The summed E-state index contributed by atoms with van der Waals surface area (Å²) in [5.74, 6) is -0.849. The number of carbonyl (C=O) groups excluding carboxylic acids is 2. The molecule has 1 aliphatic heterocycles. The van der Waals surface area contributed by atoms with Crippen LogP contribution in [-0.2, 0) is 19.6 Å². The summed E-state index contributed by atoms with van der Waals surface area (Å²) in [6.45, 7) is -0.310. The SMILES string of the molecule is COC(=O)c1ccc2c(c1)NC(=O)C2=C(Nc1ccc(N(CC#N)S(C)(=O)=O)cc1)c1ccccc1. The molecule has 0 spiro atoms. The molecule has 36 heavy (non-hydrogen) atoms. The lowest BCUT2D eigenvalue weighted by atomic mass is 9.99. The minimum Gasteiger partial charge on any atom is -0.465 e. The molecule has 0 aromatic heterocycles. The number of amides is 1. The number of methoxy groups -OCH3 is 1. The lowest BCUT2D eigenvalue weighted by Gasteiger charge is -2.20. The van der Waals surface area contributed by atoms with E-state index in [-0.39, 0.29) is 12.5 Å². The Morgan fingerprint density at radius 1 is 1.06 bits per heavy atom. The van der Waals surface area contributed by atoms with Gasteiger partial charge in [0.1, 0.15) is 6.54 Å². The zero-order valence-corrected chi connectivity index (χ0v) is 20.3. The third-order valence-electron chi connectivity index (χ3n) is 5.54. The molecule has 0 saturated heterocycles. The Bertz CT molecular complexity index is 1510. The van der Waals surface area contributed by atoms with Crippen LogP contribution in [0.4, 0.5) is 17.1 Å². The molecular weight excluding hydrogens is 480 g/mol. The number of carbonyl (C=O) groups is 2. The van der Waals surface area contributed by atoms with Crippen LogP contribution in [0.15, 0.2) is 72.8 Å². The lowest BCUT2D eigenvalue weighted by Crippen LogP contribution is -2.30. The van der Waals surface area contributed by atoms with E-state index < -0.39 is 16.0 Å². The van der Waals surface area contributed by atoms with E-state index in [1.54, 1.807) is 42.5 Å². The molecule has 9 nitrogen and oxygen atoms in total. The number of rotatable bonds is 7. The molecule has 3 aromatic rings. The number of nitrogens with zero attached hydrogens (tertiary/aromatic N) is 2. The van der Waals surface area contributed by atoms with Gasteiger partial charge in [-0.1, -0.05) is 36.4 Å². The Morgan fingerprint density at radius 2 is 1.75 bits per heavy atom. The van der Waals surface area contributed by atoms with Gasteiger partial charge in [0.05, 0.1) is 47.6 Å². The number of fused-ring (bicyclic) bond motifs is 1. The number of nitrogens with one attached hydrogen (secondary N) is 2. The molecule has 0 radical (unpaired) electrons. The predicted octanol–water partition coefficient (Wildman–Crippen LogP) is 3.70. The summed E-state index contributed by atoms with van der Waals surface area (Å²) in [7, 11) is -2.34. The minimum atomic E-state index is -3.63. The van der Waals surface area contributed by atoms with Gasteiger partial charge < -0.3 is 15.4 Å². The molecule has 0 unspecified atom stereocenters. The van der Waals surface area contributed by atoms with Gasteiger partial charge in [0, 0.05) is 11.3 Å². The highest BCUT2D eigenvalue weighted by Gasteiger charge is 2.29. The summed E-state index contributed by atoms with van der Waals surface area (Å²) in [6.07, 6.45) is 1.04. The van der Waals surface area contributed by atoms with Crippen molar-refractivity contribution in [2.24, 2.45) is 0 Å². The van der Waals surface area contributed by atoms with Crippen molar-refractivity contribution in [1.82, 2.24) is 0 Å². The Balaban J connectivity index is 1.78. The standard InChI is InChI=1S/C26H22N4O5S/c1-35-26(32)18-8-13-21-22(16-18)29-25(31)23(21)24(17-6-4-3-5-7-17)28-19-9-11-20(12-10-19)30(15-14-27)36(2,33)34/h3-13,16,28H,15H2,1-2H3,(H,29,31). The zero-order chi connectivity index (χ0) is 25.9. The Morgan fingerprint density at radius 3 is 2.36 bits per heavy atom. The van der Waals surface area contributed by atoms with E-state index in [0.717, 1.165) is 16.1 Å². The first-order valence-corrected chi connectivity index (χ1v) is 12.6. The predicted molar refractivity (Wildman–Crippen MR) is 138 cm³/mol. The van der Waals surface area contributed by atoms with Crippen molar-refractivity contribution in [2.75, 3.05) is 34.8 Å². The van der Waals surface area contributed by atoms with Crippen molar-refractivity contribution in [3.63, 3.8) is 0 Å².